The molecule has 0 amide bonds. The van der Waals surface area contributed by atoms with Crippen molar-refractivity contribution in [2.75, 3.05) is 18.9 Å². The molecule has 2 N–H and O–H groups in total. The third-order valence-electron chi connectivity index (χ3n) is 2.94. The van der Waals surface area contributed by atoms with E-state index in [1.807, 2.05) is 13.8 Å². The molecular weight excluding hydrogens is 283 g/mol. The minimum atomic E-state index is -4.51. The Bertz CT molecular complexity index is 620. The molecule has 0 aliphatic carbocycles. The fourth-order valence-corrected chi connectivity index (χ4v) is 2.06. The number of nitrogen functional groups attached to an aromatic ring is 1. The summed E-state index contributed by atoms with van der Waals surface area (Å²) in [7, 11) is 0. The van der Waals surface area contributed by atoms with Gasteiger partial charge in [0.25, 0.3) is 0 Å². The topological polar surface area (TPSA) is 53.1 Å². The van der Waals surface area contributed by atoms with Gasteiger partial charge in [0.15, 0.2) is 0 Å². The molecule has 2 rings (SSSR count). The molecule has 0 unspecified atom stereocenters. The molecular formula is C14H18F3N3O. The number of nitrogens with zero attached hydrogens (tertiary/aromatic N) is 2. The van der Waals surface area contributed by atoms with Crippen LogP contribution in [0.2, 0.25) is 0 Å². The van der Waals surface area contributed by atoms with Crippen molar-refractivity contribution in [1.82, 2.24) is 9.55 Å². The zero-order valence-corrected chi connectivity index (χ0v) is 11.9. The van der Waals surface area contributed by atoms with Crippen LogP contribution in [0, 0.1) is 5.92 Å². The summed E-state index contributed by atoms with van der Waals surface area (Å²) in [4.78, 5) is 3.66. The Hall–Kier alpha value is -1.76. The van der Waals surface area contributed by atoms with Crippen molar-refractivity contribution < 1.29 is 17.9 Å². The maximum absolute atomic E-state index is 13.1. The average Bonchev–Trinajstić information content (AvgIpc) is 2.72. The molecule has 0 aliphatic rings. The molecule has 1 heterocycles. The molecule has 0 radical (unpaired) electrons. The predicted molar refractivity (Wildman–Crippen MR) is 74.8 cm³/mol. The number of hydrogen-bond acceptors (Lipinski definition) is 3. The summed E-state index contributed by atoms with van der Waals surface area (Å²) in [6, 6.07) is 4.56. The van der Waals surface area contributed by atoms with Crippen LogP contribution in [0.4, 0.5) is 18.9 Å². The Balaban J connectivity index is 2.30. The van der Waals surface area contributed by atoms with Crippen LogP contribution in [0.3, 0.4) is 0 Å². The number of ether oxygens (including phenoxy) is 1. The number of imidazole rings is 1. The van der Waals surface area contributed by atoms with Crippen LogP contribution in [0.1, 0.15) is 19.7 Å². The molecule has 1 aromatic carbocycles. The first-order valence-corrected chi connectivity index (χ1v) is 6.69. The summed E-state index contributed by atoms with van der Waals surface area (Å²) >= 11 is 0. The first-order chi connectivity index (χ1) is 9.79. The van der Waals surface area contributed by atoms with E-state index in [0.29, 0.717) is 23.7 Å². The molecule has 0 bridgehead atoms. The van der Waals surface area contributed by atoms with Gasteiger partial charge in [0.05, 0.1) is 17.6 Å². The minimum Gasteiger partial charge on any atom is -0.399 e. The Morgan fingerprint density at radius 3 is 2.67 bits per heavy atom. The minimum absolute atomic E-state index is 0.0992. The maximum atomic E-state index is 13.1. The zero-order chi connectivity index (χ0) is 15.6. The summed E-state index contributed by atoms with van der Waals surface area (Å²) in [5, 5.41) is 0. The maximum Gasteiger partial charge on any atom is 0.449 e. The number of fused-ring (bicyclic) bond motifs is 1. The summed E-state index contributed by atoms with van der Waals surface area (Å²) in [6.07, 6.45) is -4.51. The lowest BCUT2D eigenvalue weighted by Crippen LogP contribution is -2.18. The number of anilines is 1. The van der Waals surface area contributed by atoms with E-state index < -0.39 is 12.0 Å². The summed E-state index contributed by atoms with van der Waals surface area (Å²) in [5.41, 5.74) is 6.63. The highest BCUT2D eigenvalue weighted by atomic mass is 19.4. The van der Waals surface area contributed by atoms with Gasteiger partial charge in [-0.15, -0.1) is 0 Å². The van der Waals surface area contributed by atoms with Crippen LogP contribution >= 0.6 is 0 Å². The Kier molecular flexibility index (Phi) is 4.41. The number of rotatable bonds is 5. The van der Waals surface area contributed by atoms with Crippen molar-refractivity contribution in [3.63, 3.8) is 0 Å². The fourth-order valence-electron chi connectivity index (χ4n) is 2.06. The number of alkyl halides is 3. The lowest BCUT2D eigenvalue weighted by Gasteiger charge is -2.12. The number of nitrogens with two attached hydrogens (primary N) is 1. The zero-order valence-electron chi connectivity index (χ0n) is 11.9. The van der Waals surface area contributed by atoms with Gasteiger partial charge in [0.1, 0.15) is 0 Å². The van der Waals surface area contributed by atoms with Crippen molar-refractivity contribution in [1.29, 1.82) is 0 Å². The van der Waals surface area contributed by atoms with Crippen LogP contribution < -0.4 is 5.73 Å². The van der Waals surface area contributed by atoms with E-state index in [0.717, 1.165) is 4.57 Å². The van der Waals surface area contributed by atoms with Gasteiger partial charge >= 0.3 is 6.18 Å². The van der Waals surface area contributed by atoms with Crippen LogP contribution in [0.15, 0.2) is 18.2 Å². The van der Waals surface area contributed by atoms with Crippen LogP contribution in [0.5, 0.6) is 0 Å². The van der Waals surface area contributed by atoms with E-state index in [9.17, 15) is 13.2 Å². The van der Waals surface area contributed by atoms with E-state index in [4.69, 9.17) is 10.5 Å². The van der Waals surface area contributed by atoms with Crippen molar-refractivity contribution in [2.45, 2.75) is 26.6 Å². The molecule has 0 spiro atoms. The second-order valence-electron chi connectivity index (χ2n) is 5.30. The van der Waals surface area contributed by atoms with Crippen LogP contribution in [-0.4, -0.2) is 22.8 Å². The standard InChI is InChI=1S/C14H18F3N3O/c1-9(2)8-21-6-5-20-12-4-3-10(18)7-11(12)19-13(20)14(15,16)17/h3-4,7,9H,5-6,8,18H2,1-2H3. The van der Waals surface area contributed by atoms with Gasteiger partial charge in [0.2, 0.25) is 5.82 Å². The van der Waals surface area contributed by atoms with Crippen LogP contribution in [0.25, 0.3) is 11.0 Å². The van der Waals surface area contributed by atoms with Crippen molar-refractivity contribution >= 4 is 16.7 Å². The Morgan fingerprint density at radius 2 is 2.05 bits per heavy atom. The second kappa shape index (κ2) is 5.93. The average molecular weight is 301 g/mol. The van der Waals surface area contributed by atoms with Gasteiger partial charge in [-0.05, 0) is 24.1 Å². The number of benzene rings is 1. The quantitative estimate of drug-likeness (QED) is 0.681. The van der Waals surface area contributed by atoms with E-state index in [1.165, 1.54) is 6.07 Å². The molecule has 0 fully saturated rings. The molecule has 0 saturated heterocycles. The largest absolute Gasteiger partial charge is 0.449 e. The molecule has 1 aromatic heterocycles. The normalized spacial score (nSPS) is 12.5. The first kappa shape index (κ1) is 15.6. The molecule has 0 saturated carbocycles. The van der Waals surface area contributed by atoms with Crippen LogP contribution in [-0.2, 0) is 17.5 Å². The number of halogens is 3. The summed E-state index contributed by atoms with van der Waals surface area (Å²) < 4.78 is 45.7. The number of aromatic nitrogens is 2. The van der Waals surface area contributed by atoms with Gasteiger partial charge < -0.3 is 15.0 Å². The molecule has 4 nitrogen and oxygen atoms in total. The smallest absolute Gasteiger partial charge is 0.399 e. The molecule has 7 heteroatoms. The van der Waals surface area contributed by atoms with Crippen molar-refractivity contribution in [3.05, 3.63) is 24.0 Å². The Morgan fingerprint density at radius 1 is 1.33 bits per heavy atom. The van der Waals surface area contributed by atoms with E-state index in [1.54, 1.807) is 12.1 Å². The van der Waals surface area contributed by atoms with E-state index >= 15 is 0 Å². The third kappa shape index (κ3) is 3.66. The molecule has 0 atom stereocenters. The third-order valence-corrected chi connectivity index (χ3v) is 2.94. The highest BCUT2D eigenvalue weighted by Gasteiger charge is 2.37. The highest BCUT2D eigenvalue weighted by Crippen LogP contribution is 2.32. The van der Waals surface area contributed by atoms with Gasteiger partial charge in [-0.25, -0.2) is 4.98 Å². The van der Waals surface area contributed by atoms with Crippen molar-refractivity contribution in [3.8, 4) is 0 Å². The lowest BCUT2D eigenvalue weighted by atomic mass is 10.2. The fraction of sp³-hybridized carbons (Fsp3) is 0.500. The molecule has 2 aromatic rings. The second-order valence-corrected chi connectivity index (χ2v) is 5.30. The first-order valence-electron chi connectivity index (χ1n) is 6.69. The van der Waals surface area contributed by atoms with Crippen molar-refractivity contribution in [2.24, 2.45) is 5.92 Å². The van der Waals surface area contributed by atoms with Gasteiger partial charge in [-0.2, -0.15) is 13.2 Å². The van der Waals surface area contributed by atoms with E-state index in [-0.39, 0.29) is 18.7 Å². The Labute approximate surface area is 120 Å². The SMILES string of the molecule is CC(C)COCCn1c(C(F)(F)F)nc2cc(N)ccc21. The highest BCUT2D eigenvalue weighted by molar-refractivity contribution is 5.79. The molecule has 116 valence electrons. The molecule has 0 aliphatic heterocycles. The van der Waals surface area contributed by atoms with E-state index in [2.05, 4.69) is 4.98 Å². The van der Waals surface area contributed by atoms with Gasteiger partial charge in [-0.1, -0.05) is 13.8 Å². The van der Waals surface area contributed by atoms with Gasteiger partial charge in [0, 0.05) is 18.8 Å². The predicted octanol–water partition coefficient (Wildman–Crippen LogP) is 3.31. The molecule has 21 heavy (non-hydrogen) atoms. The lowest BCUT2D eigenvalue weighted by molar-refractivity contribution is -0.147. The summed E-state index contributed by atoms with van der Waals surface area (Å²) in [6.45, 7) is 4.78. The summed E-state index contributed by atoms with van der Waals surface area (Å²) in [5.74, 6) is -0.581. The van der Waals surface area contributed by atoms with Gasteiger partial charge in [-0.3, -0.25) is 0 Å². The number of hydrogen-bond donors (Lipinski definition) is 1. The monoisotopic (exact) mass is 301 g/mol.